The molecule has 88 valence electrons. The number of rotatable bonds is 1. The summed E-state index contributed by atoms with van der Waals surface area (Å²) in [6.45, 7) is 6.09. The lowest BCUT2D eigenvalue weighted by Crippen LogP contribution is -2.35. The number of thioether (sulfide) groups is 1. The first-order valence-corrected chi connectivity index (χ1v) is 6.97. The lowest BCUT2D eigenvalue weighted by molar-refractivity contribution is 0.206. The van der Waals surface area contributed by atoms with Gasteiger partial charge in [-0.1, -0.05) is 0 Å². The van der Waals surface area contributed by atoms with Crippen molar-refractivity contribution in [2.24, 2.45) is 0 Å². The van der Waals surface area contributed by atoms with Crippen LogP contribution in [0.1, 0.15) is 31.7 Å². The summed E-state index contributed by atoms with van der Waals surface area (Å²) >= 11 is 2.48. The molecule has 2 heterocycles. The van der Waals surface area contributed by atoms with Crippen LogP contribution in [0.4, 0.5) is 4.79 Å². The van der Waals surface area contributed by atoms with E-state index in [0.29, 0.717) is 17.2 Å². The Morgan fingerprint density at radius 1 is 1.44 bits per heavy atom. The molecule has 1 aromatic rings. The number of likely N-dealkylation sites (tertiary alicyclic amines) is 1. The Morgan fingerprint density at radius 3 is 2.56 bits per heavy atom. The molecular formula is C10H15N3OS2. The zero-order valence-electron chi connectivity index (χ0n) is 9.64. The minimum Gasteiger partial charge on any atom is -0.328 e. The molecule has 0 aliphatic carbocycles. The Bertz CT molecular complexity index is 383. The number of nitrogens with zero attached hydrogens (tertiary/aromatic N) is 3. The highest BCUT2D eigenvalue weighted by molar-refractivity contribution is 8.13. The molecule has 0 N–H and O–H groups in total. The lowest BCUT2D eigenvalue weighted by atomic mass is 10.2. The van der Waals surface area contributed by atoms with Gasteiger partial charge >= 0.3 is 0 Å². The molecule has 1 saturated heterocycles. The number of amides is 1. The van der Waals surface area contributed by atoms with Crippen molar-refractivity contribution in [3.63, 3.8) is 0 Å². The van der Waals surface area contributed by atoms with Crippen LogP contribution in [0.25, 0.3) is 0 Å². The fourth-order valence-corrected chi connectivity index (χ4v) is 3.51. The van der Waals surface area contributed by atoms with Crippen LogP contribution in [-0.4, -0.2) is 31.6 Å². The maximum absolute atomic E-state index is 12.1. The van der Waals surface area contributed by atoms with E-state index in [9.17, 15) is 4.79 Å². The van der Waals surface area contributed by atoms with Crippen molar-refractivity contribution in [3.8, 4) is 0 Å². The van der Waals surface area contributed by atoms with E-state index < -0.39 is 0 Å². The fourth-order valence-electron chi connectivity index (χ4n) is 2.01. The van der Waals surface area contributed by atoms with E-state index in [1.54, 1.807) is 0 Å². The summed E-state index contributed by atoms with van der Waals surface area (Å²) in [6, 6.07) is 0.685. The normalized spacial score (nSPS) is 25.1. The highest BCUT2D eigenvalue weighted by Crippen LogP contribution is 2.29. The average Bonchev–Trinajstić information content (AvgIpc) is 2.74. The van der Waals surface area contributed by atoms with Gasteiger partial charge in [0.05, 0.1) is 0 Å². The third kappa shape index (κ3) is 2.38. The van der Waals surface area contributed by atoms with Gasteiger partial charge < -0.3 is 4.90 Å². The molecule has 1 aliphatic heterocycles. The molecule has 1 aromatic heterocycles. The first-order chi connectivity index (χ1) is 7.58. The standard InChI is InChI=1S/C10H15N3OS2/c1-6-4-5-7(2)13(6)10(14)15-9-11-8(3)16-12-9/h6-7H,4-5H2,1-3H3. The monoisotopic (exact) mass is 257 g/mol. The van der Waals surface area contributed by atoms with Crippen LogP contribution >= 0.6 is 23.3 Å². The van der Waals surface area contributed by atoms with Gasteiger partial charge in [-0.05, 0) is 45.1 Å². The van der Waals surface area contributed by atoms with E-state index in [4.69, 9.17) is 0 Å². The first kappa shape index (κ1) is 11.9. The van der Waals surface area contributed by atoms with Crippen LogP contribution in [0.5, 0.6) is 0 Å². The largest absolute Gasteiger partial charge is 0.328 e. The summed E-state index contributed by atoms with van der Waals surface area (Å²) < 4.78 is 4.12. The maximum atomic E-state index is 12.1. The van der Waals surface area contributed by atoms with Gasteiger partial charge in [0.2, 0.25) is 5.16 Å². The minimum atomic E-state index is 0.0790. The average molecular weight is 257 g/mol. The second-order valence-electron chi connectivity index (χ2n) is 4.15. The van der Waals surface area contributed by atoms with Crippen LogP contribution in [0.2, 0.25) is 0 Å². The Balaban J connectivity index is 2.02. The number of hydrogen-bond donors (Lipinski definition) is 0. The SMILES string of the molecule is Cc1nc(SC(=O)N2C(C)CCC2C)ns1. The molecule has 6 heteroatoms. The van der Waals surface area contributed by atoms with Gasteiger partial charge in [-0.25, -0.2) is 4.98 Å². The smallest absolute Gasteiger partial charge is 0.289 e. The number of aryl methyl sites for hydroxylation is 1. The third-order valence-corrected chi connectivity index (χ3v) is 4.34. The molecule has 1 aliphatic rings. The highest BCUT2D eigenvalue weighted by atomic mass is 32.2. The second kappa shape index (κ2) is 4.71. The van der Waals surface area contributed by atoms with E-state index in [1.165, 1.54) is 11.5 Å². The quantitative estimate of drug-likeness (QED) is 0.726. The van der Waals surface area contributed by atoms with Gasteiger partial charge in [0.1, 0.15) is 5.01 Å². The second-order valence-corrected chi connectivity index (χ2v) is 6.02. The molecule has 0 spiro atoms. The van der Waals surface area contributed by atoms with Crippen molar-refractivity contribution in [3.05, 3.63) is 5.01 Å². The summed E-state index contributed by atoms with van der Waals surface area (Å²) in [5.74, 6) is 0. The van der Waals surface area contributed by atoms with Crippen molar-refractivity contribution in [1.29, 1.82) is 0 Å². The van der Waals surface area contributed by atoms with Gasteiger partial charge in [0.25, 0.3) is 5.24 Å². The van der Waals surface area contributed by atoms with Crippen LogP contribution in [-0.2, 0) is 0 Å². The molecule has 1 fully saturated rings. The predicted octanol–water partition coefficient (Wildman–Crippen LogP) is 2.93. The van der Waals surface area contributed by atoms with Gasteiger partial charge in [0, 0.05) is 23.8 Å². The van der Waals surface area contributed by atoms with Gasteiger partial charge in [-0.15, -0.1) is 0 Å². The summed E-state index contributed by atoms with van der Waals surface area (Å²) in [6.07, 6.45) is 2.19. The molecule has 2 atom stereocenters. The number of aromatic nitrogens is 2. The lowest BCUT2D eigenvalue weighted by Gasteiger charge is -2.24. The predicted molar refractivity (Wildman–Crippen MR) is 65.9 cm³/mol. The molecule has 16 heavy (non-hydrogen) atoms. The fraction of sp³-hybridized carbons (Fsp3) is 0.700. The number of carbonyl (C=O) groups excluding carboxylic acids is 1. The molecule has 0 saturated carbocycles. The van der Waals surface area contributed by atoms with Crippen LogP contribution in [0, 0.1) is 6.92 Å². The Labute approximate surface area is 104 Å². The highest BCUT2D eigenvalue weighted by Gasteiger charge is 2.32. The van der Waals surface area contributed by atoms with Crippen molar-refractivity contribution in [2.75, 3.05) is 0 Å². The van der Waals surface area contributed by atoms with E-state index in [1.807, 2.05) is 11.8 Å². The van der Waals surface area contributed by atoms with Crippen molar-refractivity contribution < 1.29 is 4.79 Å². The molecule has 2 unspecified atom stereocenters. The Hall–Kier alpha value is -0.620. The van der Waals surface area contributed by atoms with Crippen molar-refractivity contribution in [2.45, 2.75) is 50.9 Å². The molecule has 2 rings (SSSR count). The minimum absolute atomic E-state index is 0.0790. The summed E-state index contributed by atoms with van der Waals surface area (Å²) in [5, 5.41) is 1.56. The first-order valence-electron chi connectivity index (χ1n) is 5.38. The molecule has 0 radical (unpaired) electrons. The van der Waals surface area contributed by atoms with Gasteiger partial charge in [-0.3, -0.25) is 4.79 Å². The van der Waals surface area contributed by atoms with E-state index >= 15 is 0 Å². The van der Waals surface area contributed by atoms with Crippen LogP contribution < -0.4 is 0 Å². The third-order valence-electron chi connectivity index (χ3n) is 2.85. The summed E-state index contributed by atoms with van der Waals surface area (Å²) in [5.41, 5.74) is 0. The Kier molecular flexibility index (Phi) is 3.49. The molecule has 4 nitrogen and oxygen atoms in total. The van der Waals surface area contributed by atoms with Crippen LogP contribution in [0.3, 0.4) is 0 Å². The van der Waals surface area contributed by atoms with Gasteiger partial charge in [0.15, 0.2) is 0 Å². The van der Waals surface area contributed by atoms with Crippen molar-refractivity contribution >= 4 is 28.5 Å². The van der Waals surface area contributed by atoms with Crippen LogP contribution in [0.15, 0.2) is 5.16 Å². The Morgan fingerprint density at radius 2 is 2.06 bits per heavy atom. The molecule has 0 bridgehead atoms. The summed E-state index contributed by atoms with van der Waals surface area (Å²) in [4.78, 5) is 18.2. The van der Waals surface area contributed by atoms with E-state index in [-0.39, 0.29) is 5.24 Å². The molecular weight excluding hydrogens is 242 g/mol. The number of carbonyl (C=O) groups is 1. The molecule has 1 amide bonds. The molecule has 0 aromatic carbocycles. The van der Waals surface area contributed by atoms with Crippen molar-refractivity contribution in [1.82, 2.24) is 14.3 Å². The zero-order valence-corrected chi connectivity index (χ0v) is 11.3. The maximum Gasteiger partial charge on any atom is 0.289 e. The van der Waals surface area contributed by atoms with E-state index in [2.05, 4.69) is 23.2 Å². The van der Waals surface area contributed by atoms with E-state index in [0.717, 1.165) is 29.6 Å². The zero-order chi connectivity index (χ0) is 11.7. The topological polar surface area (TPSA) is 46.1 Å². The summed E-state index contributed by atoms with van der Waals surface area (Å²) in [7, 11) is 0. The van der Waals surface area contributed by atoms with Gasteiger partial charge in [-0.2, -0.15) is 4.37 Å². The number of hydrogen-bond acceptors (Lipinski definition) is 5.